The van der Waals surface area contributed by atoms with Gasteiger partial charge < -0.3 is 15.3 Å². The molecule has 7 nitrogen and oxygen atoms in total. The number of piperidine rings is 1. The first-order chi connectivity index (χ1) is 11.6. The van der Waals surface area contributed by atoms with E-state index in [9.17, 15) is 4.79 Å². The number of likely N-dealkylation sites (tertiary alicyclic amines) is 1. The zero-order chi connectivity index (χ0) is 17.5. The van der Waals surface area contributed by atoms with Crippen LogP contribution in [0.5, 0.6) is 11.5 Å². The maximum atomic E-state index is 11.9. The number of benzene rings is 1. The quantitative estimate of drug-likeness (QED) is 0.481. The minimum absolute atomic E-state index is 0.174. The molecule has 1 atom stereocenters. The molecule has 1 fully saturated rings. The van der Waals surface area contributed by atoms with E-state index in [-0.39, 0.29) is 11.8 Å². The number of hydrogen-bond acceptors (Lipinski definition) is 7. The van der Waals surface area contributed by atoms with E-state index in [4.69, 9.17) is 15.3 Å². The Kier molecular flexibility index (Phi) is 6.31. The summed E-state index contributed by atoms with van der Waals surface area (Å²) in [4.78, 5) is 18.1. The van der Waals surface area contributed by atoms with Crippen molar-refractivity contribution >= 4 is 17.7 Å². The SMILES string of the molecule is CN=C/C(=N\N)C1CC(=O)CCN1Cc1ccc(OC)cc1OC. The van der Waals surface area contributed by atoms with E-state index in [0.29, 0.717) is 31.6 Å². The molecular weight excluding hydrogens is 308 g/mol. The van der Waals surface area contributed by atoms with Crippen LogP contribution in [0.4, 0.5) is 0 Å². The fourth-order valence-electron chi connectivity index (χ4n) is 2.89. The zero-order valence-electron chi connectivity index (χ0n) is 14.4. The molecule has 1 aromatic rings. The Morgan fingerprint density at radius 1 is 1.42 bits per heavy atom. The Balaban J connectivity index is 2.27. The van der Waals surface area contributed by atoms with Crippen molar-refractivity contribution < 1.29 is 14.3 Å². The largest absolute Gasteiger partial charge is 0.497 e. The van der Waals surface area contributed by atoms with Crippen LogP contribution in [0, 0.1) is 0 Å². The number of ether oxygens (including phenoxy) is 2. The van der Waals surface area contributed by atoms with Crippen LogP contribution in [0.15, 0.2) is 28.3 Å². The van der Waals surface area contributed by atoms with Crippen LogP contribution in [-0.2, 0) is 11.3 Å². The van der Waals surface area contributed by atoms with Gasteiger partial charge >= 0.3 is 0 Å². The summed E-state index contributed by atoms with van der Waals surface area (Å²) in [5, 5.41) is 3.82. The Hall–Kier alpha value is -2.41. The van der Waals surface area contributed by atoms with Crippen LogP contribution in [0.2, 0.25) is 0 Å². The molecule has 0 amide bonds. The third-order valence-electron chi connectivity index (χ3n) is 4.16. The highest BCUT2D eigenvalue weighted by atomic mass is 16.5. The monoisotopic (exact) mass is 332 g/mol. The fourth-order valence-corrected chi connectivity index (χ4v) is 2.89. The van der Waals surface area contributed by atoms with Crippen LogP contribution in [-0.4, -0.2) is 56.5 Å². The van der Waals surface area contributed by atoms with Crippen LogP contribution in [0.25, 0.3) is 0 Å². The molecular formula is C17H24N4O3. The van der Waals surface area contributed by atoms with E-state index in [1.807, 2.05) is 18.2 Å². The molecule has 1 aliphatic rings. The molecule has 7 heteroatoms. The van der Waals surface area contributed by atoms with E-state index in [1.54, 1.807) is 27.5 Å². The number of ketones is 1. The van der Waals surface area contributed by atoms with Gasteiger partial charge in [0.25, 0.3) is 0 Å². The lowest BCUT2D eigenvalue weighted by Crippen LogP contribution is -2.47. The maximum absolute atomic E-state index is 11.9. The van der Waals surface area contributed by atoms with Gasteiger partial charge in [0.05, 0.1) is 26.0 Å². The van der Waals surface area contributed by atoms with Gasteiger partial charge in [0, 0.05) is 50.8 Å². The Morgan fingerprint density at radius 3 is 2.83 bits per heavy atom. The Morgan fingerprint density at radius 2 is 2.21 bits per heavy atom. The van der Waals surface area contributed by atoms with Crippen LogP contribution >= 0.6 is 0 Å². The van der Waals surface area contributed by atoms with Gasteiger partial charge in [-0.3, -0.25) is 14.7 Å². The molecule has 2 rings (SSSR count). The second kappa shape index (κ2) is 8.44. The van der Waals surface area contributed by atoms with Gasteiger partial charge in [0.15, 0.2) is 0 Å². The van der Waals surface area contributed by atoms with Gasteiger partial charge in [-0.2, -0.15) is 5.10 Å². The molecule has 0 aliphatic carbocycles. The van der Waals surface area contributed by atoms with Gasteiger partial charge in [0.1, 0.15) is 17.3 Å². The average molecular weight is 332 g/mol. The van der Waals surface area contributed by atoms with Gasteiger partial charge in [-0.25, -0.2) is 0 Å². The van der Waals surface area contributed by atoms with E-state index in [0.717, 1.165) is 17.1 Å². The van der Waals surface area contributed by atoms with Crippen molar-refractivity contribution in [3.05, 3.63) is 23.8 Å². The summed E-state index contributed by atoms with van der Waals surface area (Å²) in [5.41, 5.74) is 1.63. The molecule has 0 aromatic heterocycles. The number of carbonyl (C=O) groups is 1. The summed E-state index contributed by atoms with van der Waals surface area (Å²) in [7, 11) is 4.91. The molecule has 130 valence electrons. The van der Waals surface area contributed by atoms with Crippen LogP contribution in [0.1, 0.15) is 18.4 Å². The van der Waals surface area contributed by atoms with E-state index >= 15 is 0 Å². The maximum Gasteiger partial charge on any atom is 0.136 e. The number of nitrogens with two attached hydrogens (primary N) is 1. The normalized spacial score (nSPS) is 19.7. The molecule has 1 saturated heterocycles. The molecule has 0 spiro atoms. The summed E-state index contributed by atoms with van der Waals surface area (Å²) in [5.74, 6) is 7.20. The summed E-state index contributed by atoms with van der Waals surface area (Å²) >= 11 is 0. The molecule has 24 heavy (non-hydrogen) atoms. The average Bonchev–Trinajstić information content (AvgIpc) is 2.61. The summed E-state index contributed by atoms with van der Waals surface area (Å²) in [6.07, 6.45) is 2.53. The molecule has 1 aliphatic heterocycles. The molecule has 2 N–H and O–H groups in total. The van der Waals surface area contributed by atoms with E-state index < -0.39 is 0 Å². The topological polar surface area (TPSA) is 89.5 Å². The molecule has 1 aromatic carbocycles. The smallest absolute Gasteiger partial charge is 0.136 e. The number of hydrogen-bond donors (Lipinski definition) is 1. The zero-order valence-corrected chi connectivity index (χ0v) is 14.4. The Bertz CT molecular complexity index is 643. The summed E-state index contributed by atoms with van der Waals surface area (Å²) < 4.78 is 10.7. The van der Waals surface area contributed by atoms with Crippen molar-refractivity contribution in [3.63, 3.8) is 0 Å². The van der Waals surface area contributed by atoms with Crippen molar-refractivity contribution in [2.75, 3.05) is 27.8 Å². The Labute approximate surface area is 142 Å². The predicted octanol–water partition coefficient (Wildman–Crippen LogP) is 1.25. The van der Waals surface area contributed by atoms with Crippen molar-refractivity contribution in [2.24, 2.45) is 15.9 Å². The third-order valence-corrected chi connectivity index (χ3v) is 4.16. The summed E-state index contributed by atoms with van der Waals surface area (Å²) in [6.45, 7) is 1.27. The third kappa shape index (κ3) is 4.11. The minimum Gasteiger partial charge on any atom is -0.497 e. The highest BCUT2D eigenvalue weighted by molar-refractivity contribution is 6.33. The van der Waals surface area contributed by atoms with Crippen molar-refractivity contribution in [3.8, 4) is 11.5 Å². The van der Waals surface area contributed by atoms with Gasteiger partial charge in [-0.05, 0) is 6.07 Å². The van der Waals surface area contributed by atoms with Gasteiger partial charge in [0.2, 0.25) is 0 Å². The number of methoxy groups -OCH3 is 2. The number of carbonyl (C=O) groups excluding carboxylic acids is 1. The number of rotatable bonds is 6. The van der Waals surface area contributed by atoms with E-state index in [1.165, 1.54) is 0 Å². The van der Waals surface area contributed by atoms with Gasteiger partial charge in [-0.1, -0.05) is 6.07 Å². The standard InChI is InChI=1S/C17H24N4O3/c1-19-10-15(20-18)16-8-13(22)6-7-21(16)11-12-4-5-14(23-2)9-17(12)24-3/h4-5,9-10,16H,6-8,11,18H2,1-3H3/b19-10?,20-15+. The number of aliphatic imine (C=N–C) groups is 1. The molecule has 0 bridgehead atoms. The van der Waals surface area contributed by atoms with E-state index in [2.05, 4.69) is 15.0 Å². The lowest BCUT2D eigenvalue weighted by atomic mass is 9.96. The summed E-state index contributed by atoms with van der Waals surface area (Å²) in [6, 6.07) is 5.54. The second-order valence-electron chi connectivity index (χ2n) is 5.60. The number of Topliss-reactive ketones (excluding diaryl/α,β-unsaturated/α-hetero) is 1. The first-order valence-electron chi connectivity index (χ1n) is 7.79. The molecule has 1 heterocycles. The molecule has 0 radical (unpaired) electrons. The van der Waals surface area contributed by atoms with Crippen molar-refractivity contribution in [2.45, 2.75) is 25.4 Å². The lowest BCUT2D eigenvalue weighted by molar-refractivity contribution is -0.122. The predicted molar refractivity (Wildman–Crippen MR) is 94.0 cm³/mol. The van der Waals surface area contributed by atoms with Crippen molar-refractivity contribution in [1.82, 2.24) is 4.90 Å². The van der Waals surface area contributed by atoms with Crippen molar-refractivity contribution in [1.29, 1.82) is 0 Å². The fraction of sp³-hybridized carbons (Fsp3) is 0.471. The minimum atomic E-state index is -0.174. The first kappa shape index (κ1) is 17.9. The second-order valence-corrected chi connectivity index (χ2v) is 5.60. The molecule has 0 saturated carbocycles. The highest BCUT2D eigenvalue weighted by Crippen LogP contribution is 2.28. The number of nitrogens with zero attached hydrogens (tertiary/aromatic N) is 3. The molecule has 1 unspecified atom stereocenters. The van der Waals surface area contributed by atoms with Gasteiger partial charge in [-0.15, -0.1) is 0 Å². The van der Waals surface area contributed by atoms with Crippen LogP contribution in [0.3, 0.4) is 0 Å². The lowest BCUT2D eigenvalue weighted by Gasteiger charge is -2.34. The van der Waals surface area contributed by atoms with Crippen LogP contribution < -0.4 is 15.3 Å². The first-order valence-corrected chi connectivity index (χ1v) is 7.79. The highest BCUT2D eigenvalue weighted by Gasteiger charge is 2.30. The number of hydrazone groups is 1.